The summed E-state index contributed by atoms with van der Waals surface area (Å²) in [5.74, 6) is -2.15. The van der Waals surface area contributed by atoms with Crippen LogP contribution in [0, 0.1) is 19.7 Å². The predicted octanol–water partition coefficient (Wildman–Crippen LogP) is 2.79. The van der Waals surface area contributed by atoms with Crippen molar-refractivity contribution in [1.29, 1.82) is 0 Å². The molecule has 0 atom stereocenters. The van der Waals surface area contributed by atoms with Gasteiger partial charge in [-0.2, -0.15) is 0 Å². The number of hydrogen-bond acceptors (Lipinski definition) is 1. The van der Waals surface area contributed by atoms with Gasteiger partial charge in [-0.3, -0.25) is 0 Å². The van der Waals surface area contributed by atoms with Gasteiger partial charge in [0, 0.05) is 0 Å². The Morgan fingerprint density at radius 2 is 2.08 bits per heavy atom. The third-order valence-electron chi connectivity index (χ3n) is 1.95. The van der Waals surface area contributed by atoms with E-state index in [1.165, 1.54) is 6.07 Å². The van der Waals surface area contributed by atoms with Gasteiger partial charge < -0.3 is 5.11 Å². The largest absolute Gasteiger partial charge is 0.478 e. The van der Waals surface area contributed by atoms with Gasteiger partial charge in [0.05, 0.1) is 10.6 Å². The average Bonchev–Trinajstić information content (AvgIpc) is 2.01. The topological polar surface area (TPSA) is 37.3 Å². The van der Waals surface area contributed by atoms with Crippen LogP contribution >= 0.6 is 11.6 Å². The van der Waals surface area contributed by atoms with E-state index in [9.17, 15) is 9.18 Å². The lowest BCUT2D eigenvalue weighted by molar-refractivity contribution is 0.0691. The first-order chi connectivity index (χ1) is 5.95. The second-order valence-electron chi connectivity index (χ2n) is 2.79. The first-order valence-corrected chi connectivity index (χ1v) is 4.01. The number of halogens is 2. The molecular formula is C9H8ClFO2. The standard InChI is InChI=1S/C9H8ClFO2/c1-4-3-6(10)8(11)7(5(4)2)9(12)13/h3H,1-2H3,(H,12,13). The highest BCUT2D eigenvalue weighted by atomic mass is 35.5. The molecule has 0 radical (unpaired) electrons. The minimum absolute atomic E-state index is 0.152. The summed E-state index contributed by atoms with van der Waals surface area (Å²) in [6, 6.07) is 1.42. The smallest absolute Gasteiger partial charge is 0.339 e. The number of rotatable bonds is 1. The first-order valence-electron chi connectivity index (χ1n) is 3.63. The number of aromatic carboxylic acids is 1. The van der Waals surface area contributed by atoms with Gasteiger partial charge in [-0.15, -0.1) is 0 Å². The van der Waals surface area contributed by atoms with Crippen LogP contribution in [-0.4, -0.2) is 11.1 Å². The van der Waals surface area contributed by atoms with Gasteiger partial charge in [0.15, 0.2) is 5.82 Å². The third kappa shape index (κ3) is 1.65. The summed E-state index contributed by atoms with van der Waals surface area (Å²) in [5, 5.41) is 8.54. The number of carbonyl (C=O) groups is 1. The van der Waals surface area contributed by atoms with E-state index in [1.54, 1.807) is 13.8 Å². The molecule has 1 N–H and O–H groups in total. The Bertz CT molecular complexity index is 348. The van der Waals surface area contributed by atoms with Crippen molar-refractivity contribution in [2.75, 3.05) is 0 Å². The third-order valence-corrected chi connectivity index (χ3v) is 2.23. The van der Waals surface area contributed by atoms with Crippen LogP contribution in [0.4, 0.5) is 4.39 Å². The van der Waals surface area contributed by atoms with E-state index < -0.39 is 11.8 Å². The summed E-state index contributed by atoms with van der Waals surface area (Å²) in [6.45, 7) is 3.24. The molecule has 0 unspecified atom stereocenters. The zero-order chi connectivity index (χ0) is 10.2. The molecule has 0 saturated heterocycles. The van der Waals surface area contributed by atoms with E-state index in [-0.39, 0.29) is 10.6 Å². The summed E-state index contributed by atoms with van der Waals surface area (Å²) in [5.41, 5.74) is 0.739. The molecule has 0 aliphatic rings. The zero-order valence-corrected chi connectivity index (χ0v) is 7.94. The van der Waals surface area contributed by atoms with Crippen molar-refractivity contribution in [2.45, 2.75) is 13.8 Å². The minimum atomic E-state index is -1.29. The van der Waals surface area contributed by atoms with Gasteiger partial charge in [0.25, 0.3) is 0 Å². The van der Waals surface area contributed by atoms with E-state index in [0.717, 1.165) is 0 Å². The fourth-order valence-corrected chi connectivity index (χ4v) is 1.36. The quantitative estimate of drug-likeness (QED) is 0.761. The van der Waals surface area contributed by atoms with Crippen molar-refractivity contribution in [3.63, 3.8) is 0 Å². The second kappa shape index (κ2) is 3.34. The van der Waals surface area contributed by atoms with Crippen LogP contribution in [0.5, 0.6) is 0 Å². The fraction of sp³-hybridized carbons (Fsp3) is 0.222. The van der Waals surface area contributed by atoms with Crippen LogP contribution in [0.2, 0.25) is 5.02 Å². The van der Waals surface area contributed by atoms with Crippen LogP contribution in [0.15, 0.2) is 6.07 Å². The molecule has 0 heterocycles. The van der Waals surface area contributed by atoms with Gasteiger partial charge in [-0.25, -0.2) is 9.18 Å². The van der Waals surface area contributed by atoms with Crippen LogP contribution in [-0.2, 0) is 0 Å². The molecule has 13 heavy (non-hydrogen) atoms. The molecule has 0 amide bonds. The lowest BCUT2D eigenvalue weighted by Crippen LogP contribution is -2.05. The summed E-state index contributed by atoms with van der Waals surface area (Å²) in [4.78, 5) is 10.6. The molecule has 0 saturated carbocycles. The van der Waals surface area contributed by atoms with Crippen molar-refractivity contribution in [1.82, 2.24) is 0 Å². The zero-order valence-electron chi connectivity index (χ0n) is 7.19. The van der Waals surface area contributed by atoms with Crippen LogP contribution in [0.1, 0.15) is 21.5 Å². The molecule has 0 bridgehead atoms. The normalized spacial score (nSPS) is 10.2. The van der Waals surface area contributed by atoms with Crippen molar-refractivity contribution < 1.29 is 14.3 Å². The van der Waals surface area contributed by atoms with Gasteiger partial charge in [-0.1, -0.05) is 11.6 Å². The molecule has 0 aliphatic carbocycles. The first kappa shape index (κ1) is 9.99. The summed E-state index contributed by atoms with van der Waals surface area (Å²) in [6.07, 6.45) is 0. The van der Waals surface area contributed by atoms with Gasteiger partial charge >= 0.3 is 5.97 Å². The maximum atomic E-state index is 13.2. The molecular weight excluding hydrogens is 195 g/mol. The van der Waals surface area contributed by atoms with Gasteiger partial charge in [-0.05, 0) is 31.0 Å². The molecule has 1 aromatic rings. The number of benzene rings is 1. The predicted molar refractivity (Wildman–Crippen MR) is 47.8 cm³/mol. The Kier molecular flexibility index (Phi) is 2.57. The van der Waals surface area contributed by atoms with Crippen LogP contribution in [0.25, 0.3) is 0 Å². The summed E-state index contributed by atoms with van der Waals surface area (Å²) >= 11 is 5.50. The summed E-state index contributed by atoms with van der Waals surface area (Å²) < 4.78 is 13.2. The van der Waals surface area contributed by atoms with Crippen molar-refractivity contribution in [3.05, 3.63) is 33.6 Å². The van der Waals surface area contributed by atoms with E-state index >= 15 is 0 Å². The van der Waals surface area contributed by atoms with Crippen LogP contribution < -0.4 is 0 Å². The Hall–Kier alpha value is -1.09. The maximum Gasteiger partial charge on any atom is 0.339 e. The van der Waals surface area contributed by atoms with Crippen LogP contribution in [0.3, 0.4) is 0 Å². The lowest BCUT2D eigenvalue weighted by atomic mass is 10.0. The Balaban J connectivity index is 3.56. The number of carboxylic acid groups (broad SMARTS) is 1. The number of carboxylic acids is 1. The molecule has 2 nitrogen and oxygen atoms in total. The van der Waals surface area contributed by atoms with Crippen molar-refractivity contribution >= 4 is 17.6 Å². The Morgan fingerprint density at radius 1 is 1.54 bits per heavy atom. The molecule has 0 fully saturated rings. The van der Waals surface area contributed by atoms with E-state index in [0.29, 0.717) is 11.1 Å². The molecule has 1 rings (SSSR count). The molecule has 4 heteroatoms. The molecule has 0 aromatic heterocycles. The Labute approximate surface area is 80.0 Å². The average molecular weight is 203 g/mol. The van der Waals surface area contributed by atoms with E-state index in [1.807, 2.05) is 0 Å². The molecule has 0 aliphatic heterocycles. The van der Waals surface area contributed by atoms with Crippen molar-refractivity contribution in [3.8, 4) is 0 Å². The summed E-state index contributed by atoms with van der Waals surface area (Å²) in [7, 11) is 0. The highest BCUT2D eigenvalue weighted by molar-refractivity contribution is 6.31. The van der Waals surface area contributed by atoms with Gasteiger partial charge in [0.2, 0.25) is 0 Å². The van der Waals surface area contributed by atoms with Crippen molar-refractivity contribution in [2.24, 2.45) is 0 Å². The molecule has 0 spiro atoms. The fourth-order valence-electron chi connectivity index (χ4n) is 1.10. The number of hydrogen-bond donors (Lipinski definition) is 1. The minimum Gasteiger partial charge on any atom is -0.478 e. The monoisotopic (exact) mass is 202 g/mol. The molecule has 70 valence electrons. The maximum absolute atomic E-state index is 13.2. The lowest BCUT2D eigenvalue weighted by Gasteiger charge is -2.07. The molecule has 1 aromatic carbocycles. The second-order valence-corrected chi connectivity index (χ2v) is 3.20. The van der Waals surface area contributed by atoms with E-state index in [2.05, 4.69) is 0 Å². The highest BCUT2D eigenvalue weighted by Crippen LogP contribution is 2.24. The van der Waals surface area contributed by atoms with E-state index in [4.69, 9.17) is 16.7 Å². The number of aryl methyl sites for hydroxylation is 1. The SMILES string of the molecule is Cc1cc(Cl)c(F)c(C(=O)O)c1C. The Morgan fingerprint density at radius 3 is 2.54 bits per heavy atom. The highest BCUT2D eigenvalue weighted by Gasteiger charge is 2.18. The van der Waals surface area contributed by atoms with Gasteiger partial charge in [0.1, 0.15) is 0 Å².